The molecule has 0 saturated carbocycles. The van der Waals surface area contributed by atoms with Gasteiger partial charge in [-0.15, -0.1) is 0 Å². The van der Waals surface area contributed by atoms with Gasteiger partial charge in [0.25, 0.3) is 0 Å². The minimum atomic E-state index is 0.0807. The van der Waals surface area contributed by atoms with Crippen LogP contribution in [0.25, 0.3) is 0 Å². The first-order valence-corrected chi connectivity index (χ1v) is 5.09. The van der Waals surface area contributed by atoms with Gasteiger partial charge in [-0.3, -0.25) is 0 Å². The first kappa shape index (κ1) is 10.0. The molecule has 15 heavy (non-hydrogen) atoms. The van der Waals surface area contributed by atoms with Crippen LogP contribution in [-0.2, 0) is 0 Å². The predicted molar refractivity (Wildman–Crippen MR) is 57.7 cm³/mol. The lowest BCUT2D eigenvalue weighted by Gasteiger charge is -2.13. The van der Waals surface area contributed by atoms with Crippen LogP contribution in [0.1, 0.15) is 11.5 Å². The van der Waals surface area contributed by atoms with Crippen molar-refractivity contribution in [2.24, 2.45) is 5.92 Å². The molecule has 1 saturated heterocycles. The smallest absolute Gasteiger partial charge is 0.119 e. The summed E-state index contributed by atoms with van der Waals surface area (Å²) in [5.41, 5.74) is 1.19. The summed E-state index contributed by atoms with van der Waals surface area (Å²) in [6.45, 7) is 1.67. The highest BCUT2D eigenvalue weighted by Gasteiger charge is 2.28. The van der Waals surface area contributed by atoms with E-state index in [2.05, 4.69) is 17.5 Å². The van der Waals surface area contributed by atoms with E-state index in [-0.39, 0.29) is 5.92 Å². The summed E-state index contributed by atoms with van der Waals surface area (Å²) in [5.74, 6) is 1.23. The van der Waals surface area contributed by atoms with E-state index in [1.54, 1.807) is 7.11 Å². The van der Waals surface area contributed by atoms with Gasteiger partial charge in [-0.25, -0.2) is 0 Å². The van der Waals surface area contributed by atoms with Gasteiger partial charge in [0.05, 0.1) is 19.1 Å². The number of nitrogens with one attached hydrogen (secondary N) is 1. The molecule has 0 aromatic heterocycles. The first-order valence-electron chi connectivity index (χ1n) is 5.09. The molecule has 2 atom stereocenters. The van der Waals surface area contributed by atoms with E-state index in [0.29, 0.717) is 5.92 Å². The Morgan fingerprint density at radius 1 is 1.47 bits per heavy atom. The molecule has 3 nitrogen and oxygen atoms in total. The van der Waals surface area contributed by atoms with Crippen LogP contribution in [0.5, 0.6) is 5.75 Å². The molecular formula is C12H14N2O. The van der Waals surface area contributed by atoms with Crippen LogP contribution in [-0.4, -0.2) is 20.2 Å². The number of methoxy groups -OCH3 is 1. The Morgan fingerprint density at radius 3 is 3.07 bits per heavy atom. The topological polar surface area (TPSA) is 45.0 Å². The van der Waals surface area contributed by atoms with Crippen LogP contribution in [0.3, 0.4) is 0 Å². The lowest BCUT2D eigenvalue weighted by atomic mass is 9.90. The largest absolute Gasteiger partial charge is 0.497 e. The summed E-state index contributed by atoms with van der Waals surface area (Å²) in [6, 6.07) is 10.3. The fourth-order valence-electron chi connectivity index (χ4n) is 2.04. The lowest BCUT2D eigenvalue weighted by molar-refractivity contribution is 0.413. The fraction of sp³-hybridized carbons (Fsp3) is 0.417. The number of hydrogen-bond acceptors (Lipinski definition) is 3. The minimum Gasteiger partial charge on any atom is -0.497 e. The van der Waals surface area contributed by atoms with Gasteiger partial charge in [0.15, 0.2) is 0 Å². The van der Waals surface area contributed by atoms with E-state index in [1.807, 2.05) is 18.2 Å². The molecule has 3 heteroatoms. The Morgan fingerprint density at radius 2 is 2.33 bits per heavy atom. The number of nitrogens with zero attached hydrogens (tertiary/aromatic N) is 1. The quantitative estimate of drug-likeness (QED) is 0.790. The summed E-state index contributed by atoms with van der Waals surface area (Å²) in [4.78, 5) is 0. The standard InChI is InChI=1S/C12H14N2O/c1-15-11-4-2-3-9(5-11)12-8-14-7-10(12)6-13/h2-5,10,12,14H,7-8H2,1H3/t10-,12+/m0/s1. The van der Waals surface area contributed by atoms with Crippen molar-refractivity contribution in [1.82, 2.24) is 5.32 Å². The van der Waals surface area contributed by atoms with Gasteiger partial charge >= 0.3 is 0 Å². The van der Waals surface area contributed by atoms with E-state index in [9.17, 15) is 0 Å². The van der Waals surface area contributed by atoms with Crippen molar-refractivity contribution >= 4 is 0 Å². The van der Waals surface area contributed by atoms with Crippen molar-refractivity contribution in [3.63, 3.8) is 0 Å². The molecule has 1 aliphatic heterocycles. The van der Waals surface area contributed by atoms with Gasteiger partial charge in [0, 0.05) is 19.0 Å². The molecule has 1 N–H and O–H groups in total. The highest BCUT2D eigenvalue weighted by Crippen LogP contribution is 2.29. The third kappa shape index (κ3) is 1.95. The van der Waals surface area contributed by atoms with Crippen molar-refractivity contribution < 1.29 is 4.74 Å². The third-order valence-corrected chi connectivity index (χ3v) is 2.90. The van der Waals surface area contributed by atoms with E-state index in [0.717, 1.165) is 18.8 Å². The monoisotopic (exact) mass is 202 g/mol. The Kier molecular flexibility index (Phi) is 2.89. The Bertz CT molecular complexity index is 383. The maximum Gasteiger partial charge on any atom is 0.119 e. The molecule has 1 aromatic carbocycles. The van der Waals surface area contributed by atoms with Crippen molar-refractivity contribution in [2.45, 2.75) is 5.92 Å². The summed E-state index contributed by atoms with van der Waals surface area (Å²) in [7, 11) is 1.66. The number of benzene rings is 1. The van der Waals surface area contributed by atoms with Crippen LogP contribution in [0.15, 0.2) is 24.3 Å². The van der Waals surface area contributed by atoms with E-state index in [4.69, 9.17) is 10.00 Å². The molecule has 0 radical (unpaired) electrons. The normalized spacial score (nSPS) is 24.8. The molecule has 2 rings (SSSR count). The molecule has 1 heterocycles. The number of rotatable bonds is 2. The molecule has 0 spiro atoms. The molecule has 0 bridgehead atoms. The fourth-order valence-corrected chi connectivity index (χ4v) is 2.04. The van der Waals surface area contributed by atoms with E-state index in [1.165, 1.54) is 5.56 Å². The zero-order valence-electron chi connectivity index (χ0n) is 8.73. The highest BCUT2D eigenvalue weighted by molar-refractivity contribution is 5.33. The molecule has 1 aromatic rings. The summed E-state index contributed by atoms with van der Waals surface area (Å²) in [6.07, 6.45) is 0. The molecule has 0 unspecified atom stereocenters. The van der Waals surface area contributed by atoms with Gasteiger partial charge in [0.2, 0.25) is 0 Å². The SMILES string of the molecule is COc1cccc([C@H]2CNC[C@@H]2C#N)c1. The van der Waals surface area contributed by atoms with Crippen LogP contribution < -0.4 is 10.1 Å². The number of ether oxygens (including phenoxy) is 1. The summed E-state index contributed by atoms with van der Waals surface area (Å²) < 4.78 is 5.18. The highest BCUT2D eigenvalue weighted by atomic mass is 16.5. The Labute approximate surface area is 89.7 Å². The van der Waals surface area contributed by atoms with Crippen molar-refractivity contribution in [2.75, 3.05) is 20.2 Å². The summed E-state index contributed by atoms with van der Waals surface area (Å²) >= 11 is 0. The Balaban J connectivity index is 2.25. The van der Waals surface area contributed by atoms with Gasteiger partial charge in [-0.05, 0) is 17.7 Å². The zero-order chi connectivity index (χ0) is 10.7. The molecular weight excluding hydrogens is 188 g/mol. The second kappa shape index (κ2) is 4.33. The third-order valence-electron chi connectivity index (χ3n) is 2.90. The second-order valence-corrected chi connectivity index (χ2v) is 3.78. The van der Waals surface area contributed by atoms with E-state index < -0.39 is 0 Å². The van der Waals surface area contributed by atoms with Crippen LogP contribution in [0.2, 0.25) is 0 Å². The maximum absolute atomic E-state index is 9.00. The molecule has 0 aliphatic carbocycles. The van der Waals surface area contributed by atoms with Gasteiger partial charge in [-0.2, -0.15) is 5.26 Å². The molecule has 78 valence electrons. The van der Waals surface area contributed by atoms with Gasteiger partial charge in [-0.1, -0.05) is 12.1 Å². The van der Waals surface area contributed by atoms with Crippen molar-refractivity contribution in [3.8, 4) is 11.8 Å². The number of nitriles is 1. The average molecular weight is 202 g/mol. The van der Waals surface area contributed by atoms with Crippen molar-refractivity contribution in [3.05, 3.63) is 29.8 Å². The maximum atomic E-state index is 9.00. The van der Waals surface area contributed by atoms with Crippen LogP contribution >= 0.6 is 0 Å². The molecule has 0 amide bonds. The number of hydrogen-bond donors (Lipinski definition) is 1. The minimum absolute atomic E-state index is 0.0807. The predicted octanol–water partition coefficient (Wildman–Crippen LogP) is 1.52. The summed E-state index contributed by atoms with van der Waals surface area (Å²) in [5, 5.41) is 12.2. The Hall–Kier alpha value is -1.53. The second-order valence-electron chi connectivity index (χ2n) is 3.78. The molecule has 1 aliphatic rings. The molecule has 1 fully saturated rings. The van der Waals surface area contributed by atoms with E-state index >= 15 is 0 Å². The lowest BCUT2D eigenvalue weighted by Crippen LogP contribution is -2.08. The van der Waals surface area contributed by atoms with Gasteiger partial charge in [0.1, 0.15) is 5.75 Å². The zero-order valence-corrected chi connectivity index (χ0v) is 8.73. The first-order chi connectivity index (χ1) is 7.35. The van der Waals surface area contributed by atoms with Crippen LogP contribution in [0, 0.1) is 17.2 Å². The van der Waals surface area contributed by atoms with Gasteiger partial charge < -0.3 is 10.1 Å². The average Bonchev–Trinajstić information content (AvgIpc) is 2.77. The van der Waals surface area contributed by atoms with Crippen molar-refractivity contribution in [1.29, 1.82) is 5.26 Å². The van der Waals surface area contributed by atoms with Crippen LogP contribution in [0.4, 0.5) is 0 Å².